The van der Waals surface area contributed by atoms with Crippen LogP contribution in [0.2, 0.25) is 0 Å². The second-order valence-electron chi connectivity index (χ2n) is 5.33. The molecular weight excluding hydrogens is 224 g/mol. The smallest absolute Gasteiger partial charge is 0.139 e. The van der Waals surface area contributed by atoms with Crippen molar-refractivity contribution < 1.29 is 0 Å². The number of hydrogen-bond acceptors (Lipinski definition) is 4. The summed E-state index contributed by atoms with van der Waals surface area (Å²) in [7, 11) is 0. The summed E-state index contributed by atoms with van der Waals surface area (Å²) in [6.07, 6.45) is 1.63. The molecule has 0 saturated carbocycles. The highest BCUT2D eigenvalue weighted by Crippen LogP contribution is 2.31. The van der Waals surface area contributed by atoms with E-state index in [1.807, 2.05) is 18.2 Å². The summed E-state index contributed by atoms with van der Waals surface area (Å²) in [5, 5.41) is 1.09. The largest absolute Gasteiger partial charge is 0.399 e. The Balaban J connectivity index is 2.07. The van der Waals surface area contributed by atoms with Gasteiger partial charge in [0.1, 0.15) is 12.1 Å². The molecule has 2 aromatic rings. The van der Waals surface area contributed by atoms with Gasteiger partial charge in [-0.15, -0.1) is 0 Å². The lowest BCUT2D eigenvalue weighted by Gasteiger charge is -2.18. The maximum Gasteiger partial charge on any atom is 0.139 e. The van der Waals surface area contributed by atoms with E-state index in [1.54, 1.807) is 6.33 Å². The average molecular weight is 242 g/mol. The average Bonchev–Trinajstić information content (AvgIpc) is 2.68. The van der Waals surface area contributed by atoms with Crippen molar-refractivity contribution in [3.05, 3.63) is 24.5 Å². The molecule has 0 bridgehead atoms. The second kappa shape index (κ2) is 4.12. The molecule has 4 heteroatoms. The summed E-state index contributed by atoms with van der Waals surface area (Å²) in [6.45, 7) is 6.73. The van der Waals surface area contributed by atoms with Gasteiger partial charge >= 0.3 is 0 Å². The summed E-state index contributed by atoms with van der Waals surface area (Å²) in [6, 6.07) is 5.84. The molecule has 1 saturated heterocycles. The monoisotopic (exact) mass is 242 g/mol. The number of benzene rings is 1. The Hall–Kier alpha value is -1.84. The van der Waals surface area contributed by atoms with Crippen LogP contribution in [0.25, 0.3) is 10.9 Å². The van der Waals surface area contributed by atoms with Gasteiger partial charge in [-0.3, -0.25) is 0 Å². The molecule has 0 aliphatic carbocycles. The standard InChI is InChI=1S/C14H18N4/c1-9-6-18(7-10(9)2)14-12-4-3-11(15)5-13(12)16-8-17-14/h3-5,8-10H,6-7,15H2,1-2H3. The third kappa shape index (κ3) is 1.78. The van der Waals surface area contributed by atoms with Crippen LogP contribution in [-0.2, 0) is 0 Å². The van der Waals surface area contributed by atoms with Gasteiger partial charge in [0, 0.05) is 24.2 Å². The van der Waals surface area contributed by atoms with Gasteiger partial charge in [-0.05, 0) is 30.0 Å². The highest BCUT2D eigenvalue weighted by Gasteiger charge is 2.27. The van der Waals surface area contributed by atoms with Gasteiger partial charge in [0.2, 0.25) is 0 Å². The van der Waals surface area contributed by atoms with Gasteiger partial charge in [-0.2, -0.15) is 0 Å². The van der Waals surface area contributed by atoms with Crippen LogP contribution in [0.5, 0.6) is 0 Å². The fourth-order valence-corrected chi connectivity index (χ4v) is 2.61. The van der Waals surface area contributed by atoms with Gasteiger partial charge in [0.05, 0.1) is 5.52 Å². The zero-order valence-electron chi connectivity index (χ0n) is 10.8. The maximum absolute atomic E-state index is 5.80. The fraction of sp³-hybridized carbons (Fsp3) is 0.429. The molecule has 1 aromatic heterocycles. The first-order valence-electron chi connectivity index (χ1n) is 6.40. The molecule has 0 spiro atoms. The summed E-state index contributed by atoms with van der Waals surface area (Å²) >= 11 is 0. The van der Waals surface area contributed by atoms with Crippen molar-refractivity contribution in [3.63, 3.8) is 0 Å². The number of nitrogens with two attached hydrogens (primary N) is 1. The minimum absolute atomic E-state index is 0.712. The zero-order valence-corrected chi connectivity index (χ0v) is 10.8. The third-order valence-corrected chi connectivity index (χ3v) is 3.93. The molecule has 1 fully saturated rings. The van der Waals surface area contributed by atoms with Crippen LogP contribution in [-0.4, -0.2) is 23.1 Å². The van der Waals surface area contributed by atoms with Crippen LogP contribution in [0.4, 0.5) is 11.5 Å². The Kier molecular flexibility index (Phi) is 2.58. The Bertz CT molecular complexity index is 571. The second-order valence-corrected chi connectivity index (χ2v) is 5.33. The molecule has 4 nitrogen and oxygen atoms in total. The predicted molar refractivity (Wildman–Crippen MR) is 74.5 cm³/mol. The minimum atomic E-state index is 0.712. The lowest BCUT2D eigenvalue weighted by Crippen LogP contribution is -2.21. The molecule has 1 aliphatic rings. The Morgan fingerprint density at radius 3 is 2.61 bits per heavy atom. The molecule has 2 heterocycles. The van der Waals surface area contributed by atoms with Gasteiger partial charge in [-0.25, -0.2) is 9.97 Å². The van der Waals surface area contributed by atoms with Crippen LogP contribution in [0, 0.1) is 11.8 Å². The first-order chi connectivity index (χ1) is 8.65. The number of hydrogen-bond donors (Lipinski definition) is 1. The lowest BCUT2D eigenvalue weighted by molar-refractivity contribution is 0.494. The number of nitrogen functional groups attached to an aromatic ring is 1. The van der Waals surface area contributed by atoms with Crippen molar-refractivity contribution in [1.29, 1.82) is 0 Å². The van der Waals surface area contributed by atoms with E-state index in [-0.39, 0.29) is 0 Å². The first-order valence-corrected chi connectivity index (χ1v) is 6.40. The quantitative estimate of drug-likeness (QED) is 0.780. The molecule has 2 unspecified atom stereocenters. The number of nitrogens with zero attached hydrogens (tertiary/aromatic N) is 3. The first kappa shape index (κ1) is 11.3. The molecule has 94 valence electrons. The highest BCUT2D eigenvalue weighted by molar-refractivity contribution is 5.91. The van der Waals surface area contributed by atoms with Crippen molar-refractivity contribution in [2.24, 2.45) is 11.8 Å². The van der Waals surface area contributed by atoms with Crippen molar-refractivity contribution in [2.45, 2.75) is 13.8 Å². The van der Waals surface area contributed by atoms with Crippen molar-refractivity contribution in [3.8, 4) is 0 Å². The van der Waals surface area contributed by atoms with Crippen LogP contribution >= 0.6 is 0 Å². The van der Waals surface area contributed by atoms with Gasteiger partial charge in [0.25, 0.3) is 0 Å². The molecule has 2 atom stereocenters. The molecule has 3 rings (SSSR count). The lowest BCUT2D eigenvalue weighted by atomic mass is 10.0. The molecule has 2 N–H and O–H groups in total. The highest BCUT2D eigenvalue weighted by atomic mass is 15.2. The maximum atomic E-state index is 5.80. The van der Waals surface area contributed by atoms with Crippen LogP contribution in [0.3, 0.4) is 0 Å². The SMILES string of the molecule is CC1CN(c2ncnc3cc(N)ccc23)CC1C. The van der Waals surface area contributed by atoms with E-state index < -0.39 is 0 Å². The molecule has 1 aromatic carbocycles. The van der Waals surface area contributed by atoms with Crippen LogP contribution < -0.4 is 10.6 Å². The molecular formula is C14H18N4. The normalized spacial score (nSPS) is 23.8. The minimum Gasteiger partial charge on any atom is -0.399 e. The fourth-order valence-electron chi connectivity index (χ4n) is 2.61. The Morgan fingerprint density at radius 1 is 1.17 bits per heavy atom. The van der Waals surface area contributed by atoms with E-state index in [0.29, 0.717) is 11.8 Å². The van der Waals surface area contributed by atoms with Crippen LogP contribution in [0.1, 0.15) is 13.8 Å². The number of aromatic nitrogens is 2. The van der Waals surface area contributed by atoms with Crippen molar-refractivity contribution in [1.82, 2.24) is 9.97 Å². The third-order valence-electron chi connectivity index (χ3n) is 3.93. The van der Waals surface area contributed by atoms with Gasteiger partial charge in [0.15, 0.2) is 0 Å². The van der Waals surface area contributed by atoms with E-state index >= 15 is 0 Å². The van der Waals surface area contributed by atoms with Crippen molar-refractivity contribution >= 4 is 22.4 Å². The van der Waals surface area contributed by atoms with E-state index in [1.165, 1.54) is 0 Å². The summed E-state index contributed by atoms with van der Waals surface area (Å²) in [5.74, 6) is 2.46. The Labute approximate surface area is 107 Å². The number of anilines is 2. The molecule has 1 aliphatic heterocycles. The van der Waals surface area contributed by atoms with E-state index in [9.17, 15) is 0 Å². The number of fused-ring (bicyclic) bond motifs is 1. The van der Waals surface area contributed by atoms with E-state index in [0.717, 1.165) is 35.5 Å². The molecule has 18 heavy (non-hydrogen) atoms. The number of rotatable bonds is 1. The topological polar surface area (TPSA) is 55.0 Å². The van der Waals surface area contributed by atoms with Gasteiger partial charge < -0.3 is 10.6 Å². The molecule has 0 amide bonds. The predicted octanol–water partition coefficient (Wildman–Crippen LogP) is 2.30. The van der Waals surface area contributed by atoms with Crippen molar-refractivity contribution in [2.75, 3.05) is 23.7 Å². The molecule has 0 radical (unpaired) electrons. The zero-order chi connectivity index (χ0) is 12.7. The van der Waals surface area contributed by atoms with E-state index in [2.05, 4.69) is 28.7 Å². The Morgan fingerprint density at radius 2 is 1.89 bits per heavy atom. The van der Waals surface area contributed by atoms with E-state index in [4.69, 9.17) is 5.73 Å². The summed E-state index contributed by atoms with van der Waals surface area (Å²) in [4.78, 5) is 11.1. The summed E-state index contributed by atoms with van der Waals surface area (Å²) < 4.78 is 0. The van der Waals surface area contributed by atoms with Crippen LogP contribution in [0.15, 0.2) is 24.5 Å². The summed E-state index contributed by atoms with van der Waals surface area (Å²) in [5.41, 5.74) is 7.47. The van der Waals surface area contributed by atoms with Gasteiger partial charge in [-0.1, -0.05) is 13.8 Å².